The molecule has 2 atom stereocenters. The van der Waals surface area contributed by atoms with Crippen LogP contribution in [-0.2, 0) is 0 Å². The Bertz CT molecular complexity index is 280. The second kappa shape index (κ2) is 9.09. The van der Waals surface area contributed by atoms with E-state index < -0.39 is 0 Å². The van der Waals surface area contributed by atoms with Gasteiger partial charge in [-0.3, -0.25) is 0 Å². The van der Waals surface area contributed by atoms with Crippen LogP contribution >= 0.6 is 0 Å². The lowest BCUT2D eigenvalue weighted by Gasteiger charge is -2.46. The van der Waals surface area contributed by atoms with Crippen molar-refractivity contribution in [1.29, 1.82) is 0 Å². The van der Waals surface area contributed by atoms with Gasteiger partial charge in [0.05, 0.1) is 0 Å². The largest absolute Gasteiger partial charge is 0.314 e. The van der Waals surface area contributed by atoms with Crippen LogP contribution in [0.3, 0.4) is 0 Å². The van der Waals surface area contributed by atoms with Crippen molar-refractivity contribution in [3.63, 3.8) is 0 Å². The van der Waals surface area contributed by atoms with E-state index in [0.29, 0.717) is 0 Å². The van der Waals surface area contributed by atoms with E-state index >= 15 is 0 Å². The molecule has 4 nitrogen and oxygen atoms in total. The Morgan fingerprint density at radius 1 is 1.10 bits per heavy atom. The predicted molar refractivity (Wildman–Crippen MR) is 90.9 cm³/mol. The zero-order valence-corrected chi connectivity index (χ0v) is 14.5. The predicted octanol–water partition coefficient (Wildman–Crippen LogP) is 1.33. The molecular weight excluding hydrogens is 260 g/mol. The molecule has 2 rings (SSSR count). The minimum Gasteiger partial charge on any atom is -0.314 e. The fourth-order valence-corrected chi connectivity index (χ4v) is 4.07. The number of fused-ring (bicyclic) bond motifs is 1. The van der Waals surface area contributed by atoms with Crippen molar-refractivity contribution in [3.8, 4) is 0 Å². The minimum absolute atomic E-state index is 0.866. The second-order valence-electron chi connectivity index (χ2n) is 6.82. The van der Waals surface area contributed by atoms with Crippen molar-refractivity contribution in [2.75, 3.05) is 66.0 Å². The van der Waals surface area contributed by atoms with Gasteiger partial charge in [0, 0.05) is 38.8 Å². The van der Waals surface area contributed by atoms with E-state index in [2.05, 4.69) is 40.9 Å². The lowest BCUT2D eigenvalue weighted by Crippen LogP contribution is -2.53. The number of rotatable bonds is 8. The average molecular weight is 297 g/mol. The Morgan fingerprint density at radius 3 is 2.67 bits per heavy atom. The SMILES string of the molecule is CCN(CC)CCNCCN1CCC2C(CCCN2C)C1. The molecule has 0 aromatic carbocycles. The maximum Gasteiger partial charge on any atom is 0.0145 e. The summed E-state index contributed by atoms with van der Waals surface area (Å²) in [6.45, 7) is 15.4. The van der Waals surface area contributed by atoms with E-state index in [9.17, 15) is 0 Å². The van der Waals surface area contributed by atoms with E-state index in [1.54, 1.807) is 0 Å². The normalized spacial score (nSPS) is 28.0. The van der Waals surface area contributed by atoms with Crippen LogP contribution in [0.1, 0.15) is 33.1 Å². The summed E-state index contributed by atoms with van der Waals surface area (Å²) in [7, 11) is 2.32. The molecule has 2 heterocycles. The summed E-state index contributed by atoms with van der Waals surface area (Å²) < 4.78 is 0. The van der Waals surface area contributed by atoms with Gasteiger partial charge in [-0.25, -0.2) is 0 Å². The van der Waals surface area contributed by atoms with Crippen molar-refractivity contribution < 1.29 is 0 Å². The van der Waals surface area contributed by atoms with Crippen LogP contribution < -0.4 is 5.32 Å². The molecule has 2 unspecified atom stereocenters. The number of likely N-dealkylation sites (tertiary alicyclic amines) is 2. The fourth-order valence-electron chi connectivity index (χ4n) is 4.07. The highest BCUT2D eigenvalue weighted by molar-refractivity contribution is 4.89. The zero-order valence-electron chi connectivity index (χ0n) is 14.5. The van der Waals surface area contributed by atoms with Crippen molar-refractivity contribution in [3.05, 3.63) is 0 Å². The first-order valence-corrected chi connectivity index (χ1v) is 9.10. The van der Waals surface area contributed by atoms with Crippen LogP contribution in [0, 0.1) is 5.92 Å². The lowest BCUT2D eigenvalue weighted by molar-refractivity contribution is 0.0391. The van der Waals surface area contributed by atoms with Gasteiger partial charge in [0.1, 0.15) is 0 Å². The highest BCUT2D eigenvalue weighted by atomic mass is 15.2. The van der Waals surface area contributed by atoms with Crippen LogP contribution in [0.2, 0.25) is 0 Å². The third-order valence-electron chi connectivity index (χ3n) is 5.53. The van der Waals surface area contributed by atoms with Crippen molar-refractivity contribution in [2.24, 2.45) is 5.92 Å². The number of nitrogens with zero attached hydrogens (tertiary/aromatic N) is 3. The van der Waals surface area contributed by atoms with Gasteiger partial charge in [-0.1, -0.05) is 13.8 Å². The molecule has 0 aromatic rings. The Labute approximate surface area is 131 Å². The molecule has 2 fully saturated rings. The maximum atomic E-state index is 3.62. The Morgan fingerprint density at radius 2 is 1.90 bits per heavy atom. The highest BCUT2D eigenvalue weighted by Crippen LogP contribution is 2.29. The van der Waals surface area contributed by atoms with E-state index in [1.165, 1.54) is 65.1 Å². The van der Waals surface area contributed by atoms with Crippen molar-refractivity contribution >= 4 is 0 Å². The Kier molecular flexibility index (Phi) is 7.44. The van der Waals surface area contributed by atoms with Crippen LogP contribution in [0.15, 0.2) is 0 Å². The van der Waals surface area contributed by atoms with Gasteiger partial charge < -0.3 is 20.0 Å². The Balaban J connectivity index is 1.58. The summed E-state index contributed by atoms with van der Waals surface area (Å²) in [5.41, 5.74) is 0. The first-order chi connectivity index (χ1) is 10.2. The van der Waals surface area contributed by atoms with E-state index in [0.717, 1.165) is 25.0 Å². The molecule has 0 aromatic heterocycles. The molecule has 0 saturated carbocycles. The molecule has 1 N–H and O–H groups in total. The monoisotopic (exact) mass is 296 g/mol. The molecule has 0 aliphatic carbocycles. The van der Waals surface area contributed by atoms with Crippen LogP contribution in [0.5, 0.6) is 0 Å². The quantitative estimate of drug-likeness (QED) is 0.682. The second-order valence-corrected chi connectivity index (χ2v) is 6.82. The van der Waals surface area contributed by atoms with E-state index in [-0.39, 0.29) is 0 Å². The molecule has 0 radical (unpaired) electrons. The van der Waals surface area contributed by atoms with Crippen molar-refractivity contribution in [1.82, 2.24) is 20.0 Å². The first kappa shape index (κ1) is 17.2. The molecule has 0 amide bonds. The molecule has 0 spiro atoms. The first-order valence-electron chi connectivity index (χ1n) is 9.10. The highest BCUT2D eigenvalue weighted by Gasteiger charge is 2.33. The summed E-state index contributed by atoms with van der Waals surface area (Å²) in [6.07, 6.45) is 4.22. The van der Waals surface area contributed by atoms with Crippen LogP contribution in [-0.4, -0.2) is 86.7 Å². The van der Waals surface area contributed by atoms with E-state index in [4.69, 9.17) is 0 Å². The molecular formula is C17H36N4. The van der Waals surface area contributed by atoms with Gasteiger partial charge in [0.25, 0.3) is 0 Å². The standard InChI is InChI=1S/C17H36N4/c1-4-20(5-2)13-9-18-10-14-21-12-8-17-16(15-21)7-6-11-19(17)3/h16-18H,4-15H2,1-3H3. The number of hydrogen-bond donors (Lipinski definition) is 1. The van der Waals surface area contributed by atoms with Gasteiger partial charge >= 0.3 is 0 Å². The van der Waals surface area contributed by atoms with Gasteiger partial charge in [-0.05, 0) is 58.4 Å². The van der Waals surface area contributed by atoms with E-state index in [1.807, 2.05) is 0 Å². The van der Waals surface area contributed by atoms with Gasteiger partial charge in [-0.2, -0.15) is 0 Å². The topological polar surface area (TPSA) is 21.8 Å². The number of likely N-dealkylation sites (N-methyl/N-ethyl adjacent to an activating group) is 1. The Hall–Kier alpha value is -0.160. The van der Waals surface area contributed by atoms with Crippen LogP contribution in [0.25, 0.3) is 0 Å². The molecule has 2 aliphatic heterocycles. The lowest BCUT2D eigenvalue weighted by atomic mass is 9.84. The zero-order chi connectivity index (χ0) is 15.1. The van der Waals surface area contributed by atoms with Gasteiger partial charge in [0.2, 0.25) is 0 Å². The smallest absolute Gasteiger partial charge is 0.0145 e. The number of hydrogen-bond acceptors (Lipinski definition) is 4. The molecule has 124 valence electrons. The summed E-state index contributed by atoms with van der Waals surface area (Å²) >= 11 is 0. The third-order valence-corrected chi connectivity index (χ3v) is 5.53. The van der Waals surface area contributed by atoms with Crippen molar-refractivity contribution in [2.45, 2.75) is 39.2 Å². The molecule has 21 heavy (non-hydrogen) atoms. The number of nitrogens with one attached hydrogen (secondary N) is 1. The average Bonchev–Trinajstić information content (AvgIpc) is 2.51. The summed E-state index contributed by atoms with van der Waals surface area (Å²) in [5.74, 6) is 0.924. The van der Waals surface area contributed by atoms with Gasteiger partial charge in [-0.15, -0.1) is 0 Å². The molecule has 4 heteroatoms. The molecule has 2 aliphatic rings. The minimum atomic E-state index is 0.866. The number of piperidine rings is 2. The fraction of sp³-hybridized carbons (Fsp3) is 1.00. The summed E-state index contributed by atoms with van der Waals surface area (Å²) in [5, 5.41) is 3.62. The maximum absolute atomic E-state index is 3.62. The van der Waals surface area contributed by atoms with Gasteiger partial charge in [0.15, 0.2) is 0 Å². The molecule has 2 saturated heterocycles. The summed E-state index contributed by atoms with van der Waals surface area (Å²) in [4.78, 5) is 7.77. The summed E-state index contributed by atoms with van der Waals surface area (Å²) in [6, 6.07) is 0.866. The third kappa shape index (κ3) is 5.20. The van der Waals surface area contributed by atoms with Crippen LogP contribution in [0.4, 0.5) is 0 Å². The molecule has 0 bridgehead atoms.